The Morgan fingerprint density at radius 2 is 1.87 bits per heavy atom. The molecule has 0 aliphatic carbocycles. The number of rotatable bonds is 6. The van der Waals surface area contributed by atoms with Gasteiger partial charge in [0.2, 0.25) is 0 Å². The summed E-state index contributed by atoms with van der Waals surface area (Å²) in [4.78, 5) is 0. The number of hydrogen-bond acceptors (Lipinski definition) is 3. The summed E-state index contributed by atoms with van der Waals surface area (Å²) in [5, 5.41) is 8.94. The second-order valence-corrected chi connectivity index (χ2v) is 5.82. The van der Waals surface area contributed by atoms with Crippen LogP contribution in [-0.4, -0.2) is 37.3 Å². The number of aliphatic hydroxyl groups excluding tert-OH is 1. The molecule has 0 amide bonds. The highest BCUT2D eigenvalue weighted by Crippen LogP contribution is 2.23. The van der Waals surface area contributed by atoms with Gasteiger partial charge in [0.1, 0.15) is 9.84 Å². The molecule has 0 bridgehead atoms. The van der Waals surface area contributed by atoms with Crippen molar-refractivity contribution in [2.45, 2.75) is 38.5 Å². The van der Waals surface area contributed by atoms with Gasteiger partial charge in [0.25, 0.3) is 0 Å². The standard InChI is InChI=1S/C8H15F3O3S/c1-2-15(13,14)5-3-4-7(12)6-8(9,10)11/h7,12H,2-6H2,1H3. The zero-order chi connectivity index (χ0) is 12.1. The van der Waals surface area contributed by atoms with Gasteiger partial charge in [-0.05, 0) is 12.8 Å². The topological polar surface area (TPSA) is 54.4 Å². The van der Waals surface area contributed by atoms with Gasteiger partial charge in [0.05, 0.1) is 18.3 Å². The SMILES string of the molecule is CCS(=O)(=O)CCCC(O)CC(F)(F)F. The molecule has 0 saturated carbocycles. The van der Waals surface area contributed by atoms with Crippen LogP contribution in [0.25, 0.3) is 0 Å². The Bertz CT molecular complexity index is 271. The van der Waals surface area contributed by atoms with Gasteiger partial charge in [0.15, 0.2) is 0 Å². The third-order valence-corrected chi connectivity index (χ3v) is 3.69. The zero-order valence-corrected chi connectivity index (χ0v) is 9.24. The molecule has 1 atom stereocenters. The largest absolute Gasteiger partial charge is 0.393 e. The van der Waals surface area contributed by atoms with Crippen molar-refractivity contribution in [2.75, 3.05) is 11.5 Å². The van der Waals surface area contributed by atoms with E-state index in [0.717, 1.165) is 0 Å². The summed E-state index contributed by atoms with van der Waals surface area (Å²) >= 11 is 0. The monoisotopic (exact) mass is 248 g/mol. The first kappa shape index (κ1) is 14.7. The minimum atomic E-state index is -4.40. The lowest BCUT2D eigenvalue weighted by Gasteiger charge is -2.12. The molecule has 0 aromatic rings. The van der Waals surface area contributed by atoms with Crippen molar-refractivity contribution in [3.63, 3.8) is 0 Å². The lowest BCUT2D eigenvalue weighted by molar-refractivity contribution is -0.153. The Labute approximate surface area is 87.2 Å². The number of alkyl halides is 3. The Kier molecular flexibility index (Phi) is 5.58. The first-order chi connectivity index (χ1) is 6.66. The van der Waals surface area contributed by atoms with Crippen LogP contribution >= 0.6 is 0 Å². The molecule has 1 N–H and O–H groups in total. The molecule has 1 unspecified atom stereocenters. The molecule has 0 aromatic heterocycles. The summed E-state index contributed by atoms with van der Waals surface area (Å²) in [6, 6.07) is 0. The Hall–Kier alpha value is -0.300. The van der Waals surface area contributed by atoms with E-state index < -0.39 is 28.5 Å². The van der Waals surface area contributed by atoms with Crippen LogP contribution in [-0.2, 0) is 9.84 Å². The lowest BCUT2D eigenvalue weighted by atomic mass is 10.1. The van der Waals surface area contributed by atoms with Crippen LogP contribution in [0.15, 0.2) is 0 Å². The lowest BCUT2D eigenvalue weighted by Crippen LogP contribution is -2.20. The van der Waals surface area contributed by atoms with E-state index in [2.05, 4.69) is 0 Å². The smallest absolute Gasteiger partial charge is 0.391 e. The molecule has 0 rings (SSSR count). The highest BCUT2D eigenvalue weighted by atomic mass is 32.2. The van der Waals surface area contributed by atoms with Crippen molar-refractivity contribution in [2.24, 2.45) is 0 Å². The first-order valence-electron chi connectivity index (χ1n) is 4.61. The van der Waals surface area contributed by atoms with Crippen LogP contribution in [0.5, 0.6) is 0 Å². The number of aliphatic hydroxyl groups is 1. The van der Waals surface area contributed by atoms with Crippen LogP contribution in [0.3, 0.4) is 0 Å². The maximum absolute atomic E-state index is 11.8. The molecule has 3 nitrogen and oxygen atoms in total. The average molecular weight is 248 g/mol. The summed E-state index contributed by atoms with van der Waals surface area (Å²) in [6.45, 7) is 1.47. The fourth-order valence-electron chi connectivity index (χ4n) is 1.05. The Morgan fingerprint density at radius 1 is 1.33 bits per heavy atom. The number of hydrogen-bond donors (Lipinski definition) is 1. The molecule has 0 aliphatic rings. The average Bonchev–Trinajstić information content (AvgIpc) is 2.00. The third kappa shape index (κ3) is 8.68. The molecule has 15 heavy (non-hydrogen) atoms. The summed E-state index contributed by atoms with van der Waals surface area (Å²) in [7, 11) is -3.15. The Morgan fingerprint density at radius 3 is 2.27 bits per heavy atom. The van der Waals surface area contributed by atoms with Crippen LogP contribution in [0.1, 0.15) is 26.2 Å². The fourth-order valence-corrected chi connectivity index (χ4v) is 1.95. The fraction of sp³-hybridized carbons (Fsp3) is 1.00. The second kappa shape index (κ2) is 5.69. The van der Waals surface area contributed by atoms with E-state index >= 15 is 0 Å². The van der Waals surface area contributed by atoms with E-state index in [-0.39, 0.29) is 24.3 Å². The summed E-state index contributed by atoms with van der Waals surface area (Å²) in [5.41, 5.74) is 0. The van der Waals surface area contributed by atoms with Crippen LogP contribution in [0.2, 0.25) is 0 Å². The van der Waals surface area contributed by atoms with Crippen molar-refractivity contribution in [1.29, 1.82) is 0 Å². The van der Waals surface area contributed by atoms with Gasteiger partial charge in [-0.15, -0.1) is 0 Å². The van der Waals surface area contributed by atoms with E-state index in [0.29, 0.717) is 0 Å². The van der Waals surface area contributed by atoms with Gasteiger partial charge in [-0.25, -0.2) is 8.42 Å². The van der Waals surface area contributed by atoms with E-state index in [1.54, 1.807) is 0 Å². The maximum atomic E-state index is 11.8. The minimum Gasteiger partial charge on any atom is -0.393 e. The molecular weight excluding hydrogens is 233 g/mol. The van der Waals surface area contributed by atoms with Gasteiger partial charge in [-0.1, -0.05) is 6.92 Å². The van der Waals surface area contributed by atoms with Crippen molar-refractivity contribution in [3.05, 3.63) is 0 Å². The van der Waals surface area contributed by atoms with Gasteiger partial charge < -0.3 is 5.11 Å². The van der Waals surface area contributed by atoms with Gasteiger partial charge >= 0.3 is 6.18 Å². The first-order valence-corrected chi connectivity index (χ1v) is 6.43. The molecule has 0 spiro atoms. The van der Waals surface area contributed by atoms with Crippen LogP contribution in [0, 0.1) is 0 Å². The number of sulfone groups is 1. The van der Waals surface area contributed by atoms with Crippen LogP contribution < -0.4 is 0 Å². The van der Waals surface area contributed by atoms with Crippen molar-refractivity contribution < 1.29 is 26.7 Å². The molecule has 0 aliphatic heterocycles. The number of halogens is 3. The van der Waals surface area contributed by atoms with Crippen LogP contribution in [0.4, 0.5) is 13.2 Å². The van der Waals surface area contributed by atoms with E-state index in [9.17, 15) is 21.6 Å². The summed E-state index contributed by atoms with van der Waals surface area (Å²) in [5.74, 6) is -0.194. The molecular formula is C8H15F3O3S. The van der Waals surface area contributed by atoms with Crippen molar-refractivity contribution in [3.8, 4) is 0 Å². The molecule has 7 heteroatoms. The van der Waals surface area contributed by atoms with Crippen molar-refractivity contribution in [1.82, 2.24) is 0 Å². The maximum Gasteiger partial charge on any atom is 0.391 e. The van der Waals surface area contributed by atoms with Gasteiger partial charge in [-0.2, -0.15) is 13.2 Å². The molecule has 0 fully saturated rings. The van der Waals surface area contributed by atoms with Gasteiger partial charge in [0, 0.05) is 5.75 Å². The third-order valence-electron chi connectivity index (χ3n) is 1.90. The minimum absolute atomic E-state index is 0.0254. The molecule has 92 valence electrons. The van der Waals surface area contributed by atoms with E-state index in [4.69, 9.17) is 5.11 Å². The van der Waals surface area contributed by atoms with Crippen molar-refractivity contribution >= 4 is 9.84 Å². The molecule has 0 heterocycles. The molecule has 0 aromatic carbocycles. The molecule has 0 saturated heterocycles. The normalized spacial score (nSPS) is 15.3. The summed E-state index contributed by atoms with van der Waals surface area (Å²) in [6.07, 6.45) is -7.26. The predicted octanol–water partition coefficient (Wildman–Crippen LogP) is 1.51. The van der Waals surface area contributed by atoms with E-state index in [1.807, 2.05) is 0 Å². The highest BCUT2D eigenvalue weighted by molar-refractivity contribution is 7.91. The zero-order valence-electron chi connectivity index (χ0n) is 8.42. The van der Waals surface area contributed by atoms with E-state index in [1.165, 1.54) is 6.92 Å². The quantitative estimate of drug-likeness (QED) is 0.775. The molecule has 0 radical (unpaired) electrons. The second-order valence-electron chi connectivity index (χ2n) is 3.35. The predicted molar refractivity (Wildman–Crippen MR) is 50.2 cm³/mol. The Balaban J connectivity index is 3.79. The summed E-state index contributed by atoms with van der Waals surface area (Å²) < 4.78 is 57.2. The highest BCUT2D eigenvalue weighted by Gasteiger charge is 2.30. The van der Waals surface area contributed by atoms with Gasteiger partial charge in [-0.3, -0.25) is 0 Å².